The number of hydrogen-bond donors (Lipinski definition) is 0. The summed E-state index contributed by atoms with van der Waals surface area (Å²) >= 11 is 0. The van der Waals surface area contributed by atoms with E-state index in [1.807, 2.05) is 19.1 Å². The van der Waals surface area contributed by atoms with Crippen LogP contribution in [0.5, 0.6) is 5.75 Å². The Morgan fingerprint density at radius 3 is 1.47 bits per heavy atom. The average Bonchev–Trinajstić information content (AvgIpc) is 2.35. The molecule has 0 radical (unpaired) electrons. The van der Waals surface area contributed by atoms with Crippen molar-refractivity contribution in [3.63, 3.8) is 0 Å². The molecule has 6 heteroatoms. The van der Waals surface area contributed by atoms with Crippen LogP contribution in [0.15, 0.2) is 24.3 Å². The molecule has 0 aliphatic heterocycles. The molecule has 0 heterocycles. The second-order valence-electron chi connectivity index (χ2n) is 3.77. The Morgan fingerprint density at radius 2 is 1.21 bits per heavy atom. The van der Waals surface area contributed by atoms with Gasteiger partial charge in [-0.05, 0) is 26.6 Å². The summed E-state index contributed by atoms with van der Waals surface area (Å²) < 4.78 is 0. The summed E-state index contributed by atoms with van der Waals surface area (Å²) in [7, 11) is 0. The van der Waals surface area contributed by atoms with Crippen molar-refractivity contribution in [1.29, 1.82) is 0 Å². The summed E-state index contributed by atoms with van der Waals surface area (Å²) in [5.74, 6) is 0.0793. The molecule has 0 aromatic heterocycles. The van der Waals surface area contributed by atoms with E-state index in [4.69, 9.17) is 0 Å². The molecule has 0 amide bonds. The van der Waals surface area contributed by atoms with Gasteiger partial charge >= 0.3 is 11.0 Å². The van der Waals surface area contributed by atoms with Gasteiger partial charge in [-0.3, -0.25) is 0 Å². The van der Waals surface area contributed by atoms with E-state index in [0.717, 1.165) is 5.56 Å². The van der Waals surface area contributed by atoms with Crippen LogP contribution >= 0.6 is 0 Å². The normalized spacial score (nSPS) is 9.53. The standard InChI is InChI=1S/C7H8O.C6H12NO3.Si/c1-6-2-4-7(8)5-3-6;8-4-1-7(2-5-9)3-6-10;/h2-5,8H,1H3;1-6H2;/q;-3;+4/p-1. The van der Waals surface area contributed by atoms with E-state index in [-0.39, 0.29) is 36.5 Å². The van der Waals surface area contributed by atoms with Crippen LogP contribution in [0.4, 0.5) is 0 Å². The van der Waals surface area contributed by atoms with E-state index in [1.165, 1.54) is 0 Å². The quantitative estimate of drug-likeness (QED) is 0.520. The van der Waals surface area contributed by atoms with Crippen LogP contribution in [-0.2, 0) is 0 Å². The molecule has 0 N–H and O–H groups in total. The fourth-order valence-electron chi connectivity index (χ4n) is 1.26. The van der Waals surface area contributed by atoms with E-state index in [9.17, 15) is 20.4 Å². The van der Waals surface area contributed by atoms with Gasteiger partial charge in [0.1, 0.15) is 0 Å². The molecule has 19 heavy (non-hydrogen) atoms. The molecule has 0 fully saturated rings. The molecular formula is C13H19NO4Si. The van der Waals surface area contributed by atoms with Gasteiger partial charge in [-0.1, -0.05) is 29.8 Å². The molecule has 5 nitrogen and oxygen atoms in total. The first kappa shape index (κ1) is 20.4. The zero-order chi connectivity index (χ0) is 13.8. The van der Waals surface area contributed by atoms with Crippen LogP contribution in [0.2, 0.25) is 0 Å². The minimum Gasteiger partial charge on any atom is -0.872 e. The van der Waals surface area contributed by atoms with Crippen molar-refractivity contribution < 1.29 is 20.4 Å². The third kappa shape index (κ3) is 11.9. The fraction of sp³-hybridized carbons (Fsp3) is 0.538. The van der Waals surface area contributed by atoms with Crippen LogP contribution in [0.25, 0.3) is 0 Å². The molecule has 0 aliphatic rings. The summed E-state index contributed by atoms with van der Waals surface area (Å²) in [4.78, 5) is 1.60. The maximum atomic E-state index is 10.4. The van der Waals surface area contributed by atoms with Crippen molar-refractivity contribution in [3.05, 3.63) is 29.8 Å². The molecule has 0 atom stereocenters. The maximum Gasteiger partial charge on any atom is 4.00 e. The summed E-state index contributed by atoms with van der Waals surface area (Å²) in [5.41, 5.74) is 1.13. The molecule has 0 bridgehead atoms. The Morgan fingerprint density at radius 1 is 0.842 bits per heavy atom. The Hall–Kier alpha value is -0.923. The van der Waals surface area contributed by atoms with E-state index in [2.05, 4.69) is 0 Å². The first-order chi connectivity index (χ1) is 8.63. The molecule has 1 aromatic carbocycles. The summed E-state index contributed by atoms with van der Waals surface area (Å²) in [6.07, 6.45) is 0. The van der Waals surface area contributed by atoms with Gasteiger partial charge in [0.25, 0.3) is 0 Å². The number of aryl methyl sites for hydroxylation is 1. The monoisotopic (exact) mass is 281 g/mol. The Labute approximate surface area is 119 Å². The van der Waals surface area contributed by atoms with Crippen molar-refractivity contribution in [2.45, 2.75) is 6.92 Å². The van der Waals surface area contributed by atoms with E-state index >= 15 is 0 Å². The molecular weight excluding hydrogens is 262 g/mol. The number of hydrogen-bond acceptors (Lipinski definition) is 5. The molecule has 0 saturated heterocycles. The Balaban J connectivity index is 0. The van der Waals surface area contributed by atoms with Crippen molar-refractivity contribution >= 4 is 11.0 Å². The molecule has 0 unspecified atom stereocenters. The third-order valence-corrected chi connectivity index (χ3v) is 2.24. The van der Waals surface area contributed by atoms with Crippen LogP contribution < -0.4 is 20.4 Å². The number of nitrogens with zero attached hydrogens (tertiary/aromatic N) is 1. The minimum atomic E-state index is -0.236. The first-order valence-electron chi connectivity index (χ1n) is 5.84. The van der Waals surface area contributed by atoms with Gasteiger partial charge in [0.2, 0.25) is 0 Å². The molecule has 1 rings (SSSR count). The van der Waals surface area contributed by atoms with Crippen molar-refractivity contribution in [3.8, 4) is 5.75 Å². The van der Waals surface area contributed by atoms with Gasteiger partial charge in [-0.15, -0.1) is 25.6 Å². The van der Waals surface area contributed by atoms with Gasteiger partial charge in [-0.25, -0.2) is 0 Å². The first-order valence-corrected chi connectivity index (χ1v) is 5.84. The largest absolute Gasteiger partial charge is 4.00 e. The number of benzene rings is 1. The van der Waals surface area contributed by atoms with Crippen molar-refractivity contribution in [1.82, 2.24) is 4.90 Å². The van der Waals surface area contributed by atoms with Crippen LogP contribution in [-0.4, -0.2) is 55.3 Å². The molecule has 0 aliphatic carbocycles. The van der Waals surface area contributed by atoms with Crippen LogP contribution in [0, 0.1) is 6.92 Å². The van der Waals surface area contributed by atoms with Crippen molar-refractivity contribution in [2.75, 3.05) is 39.5 Å². The summed E-state index contributed by atoms with van der Waals surface area (Å²) in [5, 5.41) is 40.6. The zero-order valence-corrected chi connectivity index (χ0v) is 12.1. The SMILES string of the molecule is Cc1ccc([O-])cc1.[O-]CCN(CC[O-])CC[O-].[Si+4]. The van der Waals surface area contributed by atoms with Gasteiger partial charge < -0.3 is 25.3 Å². The third-order valence-electron chi connectivity index (χ3n) is 2.24. The number of rotatable bonds is 6. The molecule has 0 spiro atoms. The van der Waals surface area contributed by atoms with E-state index in [1.54, 1.807) is 17.0 Å². The van der Waals surface area contributed by atoms with E-state index < -0.39 is 0 Å². The summed E-state index contributed by atoms with van der Waals surface area (Å²) in [6, 6.07) is 6.75. The second kappa shape index (κ2) is 13.5. The average molecular weight is 281 g/mol. The van der Waals surface area contributed by atoms with E-state index in [0.29, 0.717) is 19.6 Å². The molecule has 1 aromatic rings. The smallest absolute Gasteiger partial charge is 0.872 e. The molecule has 0 saturated carbocycles. The minimum absolute atomic E-state index is 0. The maximum absolute atomic E-state index is 10.4. The van der Waals surface area contributed by atoms with Crippen LogP contribution in [0.3, 0.4) is 0 Å². The predicted molar refractivity (Wildman–Crippen MR) is 67.4 cm³/mol. The van der Waals surface area contributed by atoms with Gasteiger partial charge in [0, 0.05) is 0 Å². The Bertz CT molecular complexity index is 260. The molecule has 104 valence electrons. The fourth-order valence-corrected chi connectivity index (χ4v) is 1.26. The Kier molecular flexibility index (Phi) is 14.5. The predicted octanol–water partition coefficient (Wildman–Crippen LogP) is -2.94. The van der Waals surface area contributed by atoms with Gasteiger partial charge in [-0.2, -0.15) is 0 Å². The zero-order valence-electron chi connectivity index (χ0n) is 11.1. The topological polar surface area (TPSA) is 95.5 Å². The van der Waals surface area contributed by atoms with Crippen LogP contribution in [0.1, 0.15) is 5.56 Å². The second-order valence-corrected chi connectivity index (χ2v) is 3.77. The van der Waals surface area contributed by atoms with Crippen molar-refractivity contribution in [2.24, 2.45) is 0 Å². The van der Waals surface area contributed by atoms with Gasteiger partial charge in [0.15, 0.2) is 0 Å². The summed E-state index contributed by atoms with van der Waals surface area (Å²) in [6.45, 7) is 2.22. The van der Waals surface area contributed by atoms with Gasteiger partial charge in [0.05, 0.1) is 0 Å².